The zero-order valence-electron chi connectivity index (χ0n) is 8.87. The summed E-state index contributed by atoms with van der Waals surface area (Å²) in [6, 6.07) is 0. The third kappa shape index (κ3) is 2.20. The van der Waals surface area contributed by atoms with Gasteiger partial charge in [-0.05, 0) is 12.8 Å². The Bertz CT molecular complexity index is 266. The second kappa shape index (κ2) is 3.93. The van der Waals surface area contributed by atoms with E-state index in [1.807, 2.05) is 0 Å². The third-order valence-electron chi connectivity index (χ3n) is 3.39. The second-order valence-electron chi connectivity index (χ2n) is 4.66. The van der Waals surface area contributed by atoms with Crippen molar-refractivity contribution in [3.8, 4) is 0 Å². The van der Waals surface area contributed by atoms with Crippen LogP contribution in [0.1, 0.15) is 44.9 Å². The minimum atomic E-state index is -0.812. The number of carbonyl (C=O) groups excluding carboxylic acids is 2. The molecule has 15 heavy (non-hydrogen) atoms. The zero-order valence-corrected chi connectivity index (χ0v) is 8.87. The smallest absolute Gasteiger partial charge is 0.229 e. The molecule has 1 aliphatic carbocycles. The Kier molecular flexibility index (Phi) is 2.78. The van der Waals surface area contributed by atoms with Crippen LogP contribution in [-0.4, -0.2) is 34.0 Å². The molecular formula is C11H17NO3. The van der Waals surface area contributed by atoms with Gasteiger partial charge in [0.1, 0.15) is 0 Å². The summed E-state index contributed by atoms with van der Waals surface area (Å²) in [5.41, 5.74) is -0.812. The van der Waals surface area contributed by atoms with E-state index in [0.717, 1.165) is 19.3 Å². The van der Waals surface area contributed by atoms with E-state index >= 15 is 0 Å². The number of likely N-dealkylation sites (tertiary alicyclic amines) is 1. The van der Waals surface area contributed by atoms with Gasteiger partial charge in [0, 0.05) is 12.8 Å². The number of carbonyl (C=O) groups is 2. The highest BCUT2D eigenvalue weighted by molar-refractivity contribution is 6.01. The summed E-state index contributed by atoms with van der Waals surface area (Å²) in [4.78, 5) is 24.0. The van der Waals surface area contributed by atoms with Crippen molar-refractivity contribution in [3.63, 3.8) is 0 Å². The van der Waals surface area contributed by atoms with Crippen molar-refractivity contribution in [1.29, 1.82) is 0 Å². The first-order chi connectivity index (χ1) is 7.11. The average molecular weight is 211 g/mol. The van der Waals surface area contributed by atoms with Gasteiger partial charge in [-0.1, -0.05) is 19.3 Å². The lowest BCUT2D eigenvalue weighted by molar-refractivity contribution is -0.143. The van der Waals surface area contributed by atoms with Gasteiger partial charge in [-0.25, -0.2) is 0 Å². The van der Waals surface area contributed by atoms with Crippen molar-refractivity contribution < 1.29 is 14.7 Å². The maximum atomic E-state index is 11.4. The van der Waals surface area contributed by atoms with Crippen LogP contribution in [0.5, 0.6) is 0 Å². The summed E-state index contributed by atoms with van der Waals surface area (Å²) in [5, 5.41) is 10.2. The molecule has 0 spiro atoms. The highest BCUT2D eigenvalue weighted by atomic mass is 16.3. The molecule has 1 heterocycles. The molecule has 1 aliphatic heterocycles. The van der Waals surface area contributed by atoms with Crippen LogP contribution in [0.3, 0.4) is 0 Å². The normalized spacial score (nSPS) is 26.1. The third-order valence-corrected chi connectivity index (χ3v) is 3.39. The van der Waals surface area contributed by atoms with Crippen LogP contribution in [0.2, 0.25) is 0 Å². The fraction of sp³-hybridized carbons (Fsp3) is 0.818. The SMILES string of the molecule is O=C1CCC(=O)N1CC1(O)CCCCC1. The number of imide groups is 1. The summed E-state index contributed by atoms with van der Waals surface area (Å²) in [7, 11) is 0. The first kappa shape index (κ1) is 10.6. The Hall–Kier alpha value is -0.900. The maximum absolute atomic E-state index is 11.4. The fourth-order valence-corrected chi connectivity index (χ4v) is 2.46. The molecule has 2 fully saturated rings. The first-order valence-corrected chi connectivity index (χ1v) is 5.66. The summed E-state index contributed by atoms with van der Waals surface area (Å²) in [6.07, 6.45) is 5.18. The molecule has 0 aromatic heterocycles. The van der Waals surface area contributed by atoms with Gasteiger partial charge in [0.15, 0.2) is 0 Å². The lowest BCUT2D eigenvalue weighted by Gasteiger charge is -2.34. The van der Waals surface area contributed by atoms with E-state index in [4.69, 9.17) is 0 Å². The van der Waals surface area contributed by atoms with E-state index in [9.17, 15) is 14.7 Å². The largest absolute Gasteiger partial charge is 0.388 e. The molecule has 2 aliphatic rings. The van der Waals surface area contributed by atoms with E-state index in [0.29, 0.717) is 25.7 Å². The number of hydrogen-bond acceptors (Lipinski definition) is 3. The van der Waals surface area contributed by atoms with Gasteiger partial charge in [-0.15, -0.1) is 0 Å². The van der Waals surface area contributed by atoms with Gasteiger partial charge in [-0.2, -0.15) is 0 Å². The molecule has 0 unspecified atom stereocenters. The number of hydrogen-bond donors (Lipinski definition) is 1. The number of β-amino-alcohol motifs (C(OH)–C–C–N with tert-alkyl or cyclic N) is 1. The molecule has 0 atom stereocenters. The fourth-order valence-electron chi connectivity index (χ4n) is 2.46. The van der Waals surface area contributed by atoms with Gasteiger partial charge < -0.3 is 5.11 Å². The molecular weight excluding hydrogens is 194 g/mol. The van der Waals surface area contributed by atoms with Crippen LogP contribution in [0.25, 0.3) is 0 Å². The molecule has 84 valence electrons. The van der Waals surface area contributed by atoms with Crippen LogP contribution in [-0.2, 0) is 9.59 Å². The van der Waals surface area contributed by atoms with Crippen molar-refractivity contribution in [1.82, 2.24) is 4.90 Å². The van der Waals surface area contributed by atoms with Crippen molar-refractivity contribution >= 4 is 11.8 Å². The molecule has 2 amide bonds. The summed E-state index contributed by atoms with van der Waals surface area (Å²) < 4.78 is 0. The Balaban J connectivity index is 2.00. The minimum Gasteiger partial charge on any atom is -0.388 e. The number of nitrogens with zero attached hydrogens (tertiary/aromatic N) is 1. The van der Waals surface area contributed by atoms with Crippen molar-refractivity contribution in [2.24, 2.45) is 0 Å². The Morgan fingerprint density at radius 3 is 2.13 bits per heavy atom. The molecule has 4 heteroatoms. The number of rotatable bonds is 2. The number of aliphatic hydroxyl groups is 1. The predicted molar refractivity (Wildman–Crippen MR) is 54.0 cm³/mol. The summed E-state index contributed by atoms with van der Waals surface area (Å²) in [5.74, 6) is -0.252. The van der Waals surface area contributed by atoms with Gasteiger partial charge >= 0.3 is 0 Å². The second-order valence-corrected chi connectivity index (χ2v) is 4.66. The molecule has 1 saturated carbocycles. The maximum Gasteiger partial charge on any atom is 0.229 e. The van der Waals surface area contributed by atoms with E-state index in [-0.39, 0.29) is 18.4 Å². The van der Waals surface area contributed by atoms with Crippen molar-refractivity contribution in [3.05, 3.63) is 0 Å². The lowest BCUT2D eigenvalue weighted by atomic mass is 9.84. The van der Waals surface area contributed by atoms with Crippen molar-refractivity contribution in [2.45, 2.75) is 50.5 Å². The average Bonchev–Trinajstić information content (AvgIpc) is 2.50. The molecule has 0 bridgehead atoms. The first-order valence-electron chi connectivity index (χ1n) is 5.66. The topological polar surface area (TPSA) is 57.6 Å². The summed E-state index contributed by atoms with van der Waals surface area (Å²) >= 11 is 0. The van der Waals surface area contributed by atoms with Gasteiger partial charge in [0.05, 0.1) is 12.1 Å². The Morgan fingerprint density at radius 1 is 1.07 bits per heavy atom. The molecule has 0 radical (unpaired) electrons. The van der Waals surface area contributed by atoms with E-state index < -0.39 is 5.60 Å². The molecule has 0 aromatic carbocycles. The Morgan fingerprint density at radius 2 is 1.60 bits per heavy atom. The highest BCUT2D eigenvalue weighted by Gasteiger charge is 2.37. The minimum absolute atomic E-state index is 0.126. The van der Waals surface area contributed by atoms with Gasteiger partial charge in [-0.3, -0.25) is 14.5 Å². The van der Waals surface area contributed by atoms with E-state index in [1.54, 1.807) is 0 Å². The van der Waals surface area contributed by atoms with Gasteiger partial charge in [0.2, 0.25) is 11.8 Å². The Labute approximate surface area is 89.3 Å². The highest BCUT2D eigenvalue weighted by Crippen LogP contribution is 2.30. The van der Waals surface area contributed by atoms with E-state index in [1.165, 1.54) is 4.90 Å². The van der Waals surface area contributed by atoms with Crippen LogP contribution in [0.4, 0.5) is 0 Å². The van der Waals surface area contributed by atoms with Crippen LogP contribution < -0.4 is 0 Å². The lowest BCUT2D eigenvalue weighted by Crippen LogP contribution is -2.46. The monoisotopic (exact) mass is 211 g/mol. The van der Waals surface area contributed by atoms with Gasteiger partial charge in [0.25, 0.3) is 0 Å². The molecule has 1 saturated heterocycles. The van der Waals surface area contributed by atoms with Crippen molar-refractivity contribution in [2.75, 3.05) is 6.54 Å². The molecule has 2 rings (SSSR count). The quantitative estimate of drug-likeness (QED) is 0.688. The zero-order chi connectivity index (χ0) is 10.9. The molecule has 4 nitrogen and oxygen atoms in total. The molecule has 1 N–H and O–H groups in total. The number of amides is 2. The van der Waals surface area contributed by atoms with Crippen LogP contribution >= 0.6 is 0 Å². The van der Waals surface area contributed by atoms with Crippen LogP contribution in [0, 0.1) is 0 Å². The molecule has 0 aromatic rings. The standard InChI is InChI=1S/C11H17NO3/c13-9-4-5-10(14)12(9)8-11(15)6-2-1-3-7-11/h15H,1-8H2. The summed E-state index contributed by atoms with van der Waals surface area (Å²) in [6.45, 7) is 0.213. The van der Waals surface area contributed by atoms with E-state index in [2.05, 4.69) is 0 Å². The predicted octanol–water partition coefficient (Wildman–Crippen LogP) is 0.831. The van der Waals surface area contributed by atoms with Crippen LogP contribution in [0.15, 0.2) is 0 Å².